The Morgan fingerprint density at radius 2 is 1.84 bits per heavy atom. The van der Waals surface area contributed by atoms with Crippen LogP contribution in [0.2, 0.25) is 0 Å². The summed E-state index contributed by atoms with van der Waals surface area (Å²) in [6, 6.07) is 2.28. The van der Waals surface area contributed by atoms with Crippen molar-refractivity contribution >= 4 is 5.82 Å². The Labute approximate surface area is 110 Å². The van der Waals surface area contributed by atoms with Gasteiger partial charge in [-0.25, -0.2) is 0 Å². The molecule has 0 saturated heterocycles. The minimum Gasteiger partial charge on any atom is -0.355 e. The van der Waals surface area contributed by atoms with E-state index >= 15 is 0 Å². The molecular weight excluding hydrogens is 257 g/mol. The highest BCUT2D eigenvalue weighted by atomic mass is 19.4. The molecule has 7 heteroatoms. The molecule has 108 valence electrons. The first-order valence-corrected chi connectivity index (χ1v) is 6.05. The quantitative estimate of drug-likeness (QED) is 0.896. The first kappa shape index (κ1) is 15.7. The molecule has 2 N–H and O–H groups in total. The van der Waals surface area contributed by atoms with Gasteiger partial charge in [-0.2, -0.15) is 13.2 Å². The smallest absolute Gasteiger partial charge is 0.355 e. The number of hydrogen-bond acceptors (Lipinski definition) is 4. The molecule has 1 aromatic heterocycles. The predicted molar refractivity (Wildman–Crippen MR) is 67.8 cm³/mol. The van der Waals surface area contributed by atoms with Gasteiger partial charge >= 0.3 is 6.18 Å². The minimum atomic E-state index is -4.46. The Bertz CT molecular complexity index is 400. The maximum atomic E-state index is 12.4. The van der Waals surface area contributed by atoms with Gasteiger partial charge in [0.2, 0.25) is 0 Å². The highest BCUT2D eigenvalue weighted by molar-refractivity contribution is 5.37. The SMILES string of the molecule is CCN(CC(C)(C)CN)c1ccc(C(F)(F)F)nn1. The molecule has 0 saturated carbocycles. The second-order valence-electron chi connectivity index (χ2n) is 5.16. The van der Waals surface area contributed by atoms with Crippen molar-refractivity contribution in [2.24, 2.45) is 11.1 Å². The second-order valence-corrected chi connectivity index (χ2v) is 5.16. The summed E-state index contributed by atoms with van der Waals surface area (Å²) in [5.74, 6) is 0.428. The molecule has 1 heterocycles. The fourth-order valence-electron chi connectivity index (χ4n) is 1.58. The van der Waals surface area contributed by atoms with Crippen LogP contribution in [0.4, 0.5) is 19.0 Å². The van der Waals surface area contributed by atoms with Gasteiger partial charge in [0.05, 0.1) is 0 Å². The van der Waals surface area contributed by atoms with Gasteiger partial charge in [0.15, 0.2) is 11.5 Å². The van der Waals surface area contributed by atoms with Crippen LogP contribution in [0.1, 0.15) is 26.5 Å². The minimum absolute atomic E-state index is 0.139. The van der Waals surface area contributed by atoms with E-state index in [0.717, 1.165) is 6.07 Å². The Hall–Kier alpha value is -1.37. The molecule has 4 nitrogen and oxygen atoms in total. The Kier molecular flexibility index (Phi) is 4.73. The summed E-state index contributed by atoms with van der Waals surface area (Å²) in [5, 5.41) is 6.88. The fraction of sp³-hybridized carbons (Fsp3) is 0.667. The number of alkyl halides is 3. The molecule has 1 aromatic rings. The van der Waals surface area contributed by atoms with Crippen molar-refractivity contribution in [3.63, 3.8) is 0 Å². The molecule has 0 aliphatic carbocycles. The number of nitrogens with two attached hydrogens (primary N) is 1. The molecule has 0 aromatic carbocycles. The Morgan fingerprint density at radius 1 is 1.21 bits per heavy atom. The summed E-state index contributed by atoms with van der Waals surface area (Å²) in [7, 11) is 0. The summed E-state index contributed by atoms with van der Waals surface area (Å²) >= 11 is 0. The number of rotatable bonds is 5. The van der Waals surface area contributed by atoms with Crippen LogP contribution in [0.5, 0.6) is 0 Å². The standard InChI is InChI=1S/C12H19F3N4/c1-4-19(8-11(2,3)7-16)10-6-5-9(17-18-10)12(13,14)15/h5-6H,4,7-8,16H2,1-3H3. The molecule has 1 rings (SSSR count). The van der Waals surface area contributed by atoms with E-state index in [2.05, 4.69) is 10.2 Å². The first-order valence-electron chi connectivity index (χ1n) is 6.05. The fourth-order valence-corrected chi connectivity index (χ4v) is 1.58. The van der Waals surface area contributed by atoms with E-state index in [1.807, 2.05) is 25.7 Å². The number of aromatic nitrogens is 2. The van der Waals surface area contributed by atoms with Gasteiger partial charge in [-0.05, 0) is 31.0 Å². The van der Waals surface area contributed by atoms with Gasteiger partial charge in [-0.3, -0.25) is 0 Å². The van der Waals surface area contributed by atoms with Crippen LogP contribution in [0.3, 0.4) is 0 Å². The van der Waals surface area contributed by atoms with E-state index in [1.54, 1.807) is 0 Å². The van der Waals surface area contributed by atoms with E-state index in [9.17, 15) is 13.2 Å². The van der Waals surface area contributed by atoms with E-state index < -0.39 is 11.9 Å². The molecule has 0 unspecified atom stereocenters. The van der Waals surface area contributed by atoms with Crippen molar-refractivity contribution in [1.82, 2.24) is 10.2 Å². The lowest BCUT2D eigenvalue weighted by Crippen LogP contribution is -2.39. The third kappa shape index (κ3) is 4.34. The molecule has 0 radical (unpaired) electrons. The molecule has 0 amide bonds. The third-order valence-corrected chi connectivity index (χ3v) is 2.82. The van der Waals surface area contributed by atoms with E-state index in [4.69, 9.17) is 5.73 Å². The second kappa shape index (κ2) is 5.73. The monoisotopic (exact) mass is 276 g/mol. The van der Waals surface area contributed by atoms with Gasteiger partial charge < -0.3 is 10.6 Å². The normalized spacial score (nSPS) is 12.6. The van der Waals surface area contributed by atoms with Gasteiger partial charge in [-0.15, -0.1) is 10.2 Å². The lowest BCUT2D eigenvalue weighted by Gasteiger charge is -2.31. The van der Waals surface area contributed by atoms with Crippen molar-refractivity contribution in [3.05, 3.63) is 17.8 Å². The lowest BCUT2D eigenvalue weighted by molar-refractivity contribution is -0.141. The zero-order valence-electron chi connectivity index (χ0n) is 11.3. The molecule has 0 spiro atoms. The van der Waals surface area contributed by atoms with Gasteiger partial charge in [0.25, 0.3) is 0 Å². The average molecular weight is 276 g/mol. The number of hydrogen-bond donors (Lipinski definition) is 1. The van der Waals surface area contributed by atoms with E-state index in [0.29, 0.717) is 25.5 Å². The maximum Gasteiger partial charge on any atom is 0.435 e. The largest absolute Gasteiger partial charge is 0.435 e. The predicted octanol–water partition coefficient (Wildman–Crippen LogP) is 2.31. The Balaban J connectivity index is 2.89. The van der Waals surface area contributed by atoms with Crippen LogP contribution in [0.25, 0.3) is 0 Å². The maximum absolute atomic E-state index is 12.4. The molecule has 0 aliphatic heterocycles. The van der Waals surface area contributed by atoms with Crippen molar-refractivity contribution < 1.29 is 13.2 Å². The number of nitrogens with zero attached hydrogens (tertiary/aromatic N) is 3. The van der Waals surface area contributed by atoms with Crippen LogP contribution in [0, 0.1) is 5.41 Å². The first-order chi connectivity index (χ1) is 8.69. The van der Waals surface area contributed by atoms with Gasteiger partial charge in [-0.1, -0.05) is 13.8 Å². The average Bonchev–Trinajstić information content (AvgIpc) is 2.35. The Morgan fingerprint density at radius 3 is 2.21 bits per heavy atom. The summed E-state index contributed by atoms with van der Waals surface area (Å²) in [6.45, 7) is 7.62. The topological polar surface area (TPSA) is 55.0 Å². The van der Waals surface area contributed by atoms with Crippen molar-refractivity contribution in [2.75, 3.05) is 24.5 Å². The summed E-state index contributed by atoms with van der Waals surface area (Å²) in [4.78, 5) is 1.86. The van der Waals surface area contributed by atoms with E-state index in [1.165, 1.54) is 6.07 Å². The van der Waals surface area contributed by atoms with Crippen LogP contribution in [-0.2, 0) is 6.18 Å². The van der Waals surface area contributed by atoms with Gasteiger partial charge in [0, 0.05) is 13.1 Å². The molecule has 0 aliphatic rings. The number of anilines is 1. The number of halogens is 3. The zero-order chi connectivity index (χ0) is 14.7. The van der Waals surface area contributed by atoms with E-state index in [-0.39, 0.29) is 5.41 Å². The molecular formula is C12H19F3N4. The van der Waals surface area contributed by atoms with Crippen molar-refractivity contribution in [2.45, 2.75) is 26.9 Å². The zero-order valence-corrected chi connectivity index (χ0v) is 11.3. The molecule has 19 heavy (non-hydrogen) atoms. The summed E-state index contributed by atoms with van der Waals surface area (Å²) in [6.07, 6.45) is -4.46. The summed E-state index contributed by atoms with van der Waals surface area (Å²) < 4.78 is 37.2. The molecule has 0 atom stereocenters. The molecule has 0 fully saturated rings. The van der Waals surface area contributed by atoms with Crippen molar-refractivity contribution in [1.29, 1.82) is 0 Å². The third-order valence-electron chi connectivity index (χ3n) is 2.82. The van der Waals surface area contributed by atoms with Crippen LogP contribution in [0.15, 0.2) is 12.1 Å². The van der Waals surface area contributed by atoms with Crippen molar-refractivity contribution in [3.8, 4) is 0 Å². The highest BCUT2D eigenvalue weighted by Gasteiger charge is 2.33. The summed E-state index contributed by atoms with van der Waals surface area (Å²) in [5.41, 5.74) is 4.54. The lowest BCUT2D eigenvalue weighted by atomic mass is 9.93. The van der Waals surface area contributed by atoms with Crippen LogP contribution in [-0.4, -0.2) is 29.8 Å². The van der Waals surface area contributed by atoms with Crippen LogP contribution >= 0.6 is 0 Å². The molecule has 0 bridgehead atoms. The van der Waals surface area contributed by atoms with Gasteiger partial charge in [0.1, 0.15) is 0 Å². The highest BCUT2D eigenvalue weighted by Crippen LogP contribution is 2.28. The van der Waals surface area contributed by atoms with Crippen LogP contribution < -0.4 is 10.6 Å².